The van der Waals surface area contributed by atoms with Crippen LogP contribution < -0.4 is 10.1 Å². The van der Waals surface area contributed by atoms with E-state index in [4.69, 9.17) is 4.74 Å². The van der Waals surface area contributed by atoms with E-state index in [2.05, 4.69) is 5.32 Å². The lowest BCUT2D eigenvalue weighted by atomic mass is 10.0. The second-order valence-electron chi connectivity index (χ2n) is 5.42. The standard InChI is InChI=1S/C16H24N2O2.ClH/c1-13-6-8-14(9-7-13)20-12-11-18(2)16(19)15-5-3-4-10-17-15;/h6-9,15,17H,3-5,10-12H2,1-2H3;1H/t15-;/m1./s1. The molecule has 1 fully saturated rings. The molecular formula is C16H25ClN2O2. The van der Waals surface area contributed by atoms with Crippen LogP contribution in [-0.2, 0) is 4.79 Å². The zero-order valence-corrected chi connectivity index (χ0v) is 13.6. The van der Waals surface area contributed by atoms with Crippen molar-refractivity contribution in [2.24, 2.45) is 0 Å². The molecule has 0 aliphatic carbocycles. The van der Waals surface area contributed by atoms with Crippen LogP contribution in [0.1, 0.15) is 24.8 Å². The van der Waals surface area contributed by atoms with E-state index in [1.807, 2.05) is 38.2 Å². The van der Waals surface area contributed by atoms with Gasteiger partial charge in [-0.25, -0.2) is 0 Å². The molecule has 1 aliphatic heterocycles. The number of carbonyl (C=O) groups excluding carboxylic acids is 1. The van der Waals surface area contributed by atoms with Crippen molar-refractivity contribution in [1.29, 1.82) is 0 Å². The van der Waals surface area contributed by atoms with E-state index in [9.17, 15) is 4.79 Å². The van der Waals surface area contributed by atoms with Gasteiger partial charge in [0.15, 0.2) is 0 Å². The van der Waals surface area contributed by atoms with E-state index in [1.54, 1.807) is 4.90 Å². The highest BCUT2D eigenvalue weighted by atomic mass is 35.5. The first-order valence-corrected chi connectivity index (χ1v) is 7.34. The van der Waals surface area contributed by atoms with Gasteiger partial charge in [0, 0.05) is 7.05 Å². The van der Waals surface area contributed by atoms with E-state index < -0.39 is 0 Å². The molecule has 1 saturated heterocycles. The summed E-state index contributed by atoms with van der Waals surface area (Å²) in [5, 5.41) is 3.28. The van der Waals surface area contributed by atoms with Gasteiger partial charge in [-0.3, -0.25) is 4.79 Å². The zero-order valence-electron chi connectivity index (χ0n) is 12.8. The van der Waals surface area contributed by atoms with Crippen molar-refractivity contribution in [3.63, 3.8) is 0 Å². The van der Waals surface area contributed by atoms with Crippen molar-refractivity contribution >= 4 is 18.3 Å². The van der Waals surface area contributed by atoms with Crippen LogP contribution >= 0.6 is 12.4 Å². The van der Waals surface area contributed by atoms with E-state index in [-0.39, 0.29) is 24.4 Å². The maximum Gasteiger partial charge on any atom is 0.239 e. The second kappa shape index (κ2) is 8.90. The minimum Gasteiger partial charge on any atom is -0.492 e. The Kier molecular flexibility index (Phi) is 7.54. The van der Waals surface area contributed by atoms with Crippen molar-refractivity contribution in [1.82, 2.24) is 10.2 Å². The molecule has 1 aromatic rings. The molecule has 0 aromatic heterocycles. The molecule has 1 amide bonds. The van der Waals surface area contributed by atoms with Crippen LogP contribution in [0.25, 0.3) is 0 Å². The smallest absolute Gasteiger partial charge is 0.239 e. The van der Waals surface area contributed by atoms with Gasteiger partial charge in [-0.2, -0.15) is 0 Å². The van der Waals surface area contributed by atoms with Crippen LogP contribution in [0.4, 0.5) is 0 Å². The number of benzene rings is 1. The molecule has 1 aliphatic rings. The zero-order chi connectivity index (χ0) is 14.4. The minimum absolute atomic E-state index is 0. The SMILES string of the molecule is Cc1ccc(OCCN(C)C(=O)[C@H]2CCCCN2)cc1.Cl. The first kappa shape index (κ1) is 17.8. The van der Waals surface area contributed by atoms with Crippen molar-refractivity contribution in [2.75, 3.05) is 26.7 Å². The van der Waals surface area contributed by atoms with Crippen LogP contribution in [0.2, 0.25) is 0 Å². The van der Waals surface area contributed by atoms with Gasteiger partial charge in [-0.1, -0.05) is 24.1 Å². The fourth-order valence-corrected chi connectivity index (χ4v) is 2.37. The molecule has 0 saturated carbocycles. The molecular weight excluding hydrogens is 288 g/mol. The number of piperidine rings is 1. The number of nitrogens with one attached hydrogen (secondary N) is 1. The molecule has 1 aromatic carbocycles. The summed E-state index contributed by atoms with van der Waals surface area (Å²) in [5.74, 6) is 1.03. The van der Waals surface area contributed by atoms with Crippen molar-refractivity contribution in [2.45, 2.75) is 32.2 Å². The predicted octanol–water partition coefficient (Wildman–Crippen LogP) is 2.40. The number of rotatable bonds is 5. The average molecular weight is 313 g/mol. The van der Waals surface area contributed by atoms with Gasteiger partial charge in [-0.15, -0.1) is 12.4 Å². The fraction of sp³-hybridized carbons (Fsp3) is 0.562. The summed E-state index contributed by atoms with van der Waals surface area (Å²) in [4.78, 5) is 14.0. The first-order chi connectivity index (χ1) is 9.66. The normalized spacial score (nSPS) is 17.7. The Labute approximate surface area is 133 Å². The molecule has 4 nitrogen and oxygen atoms in total. The highest BCUT2D eigenvalue weighted by molar-refractivity contribution is 5.85. The van der Waals surface area contributed by atoms with Gasteiger partial charge >= 0.3 is 0 Å². The van der Waals surface area contributed by atoms with Crippen LogP contribution in [0.3, 0.4) is 0 Å². The molecule has 0 bridgehead atoms. The number of likely N-dealkylation sites (N-methyl/N-ethyl adjacent to an activating group) is 1. The average Bonchev–Trinajstić information content (AvgIpc) is 2.49. The van der Waals surface area contributed by atoms with Crippen LogP contribution in [0, 0.1) is 6.92 Å². The Bertz CT molecular complexity index is 430. The van der Waals surface area contributed by atoms with E-state index in [0.29, 0.717) is 13.2 Å². The number of hydrogen-bond acceptors (Lipinski definition) is 3. The molecule has 1 atom stereocenters. The van der Waals surface area contributed by atoms with Crippen molar-refractivity contribution in [3.8, 4) is 5.75 Å². The lowest BCUT2D eigenvalue weighted by molar-refractivity contribution is -0.133. The Morgan fingerprint density at radius 1 is 1.33 bits per heavy atom. The lowest BCUT2D eigenvalue weighted by Crippen LogP contribution is -2.48. The highest BCUT2D eigenvalue weighted by Crippen LogP contribution is 2.12. The third kappa shape index (κ3) is 5.56. The van der Waals surface area contributed by atoms with Gasteiger partial charge in [0.2, 0.25) is 5.91 Å². The number of halogens is 1. The topological polar surface area (TPSA) is 41.6 Å². The molecule has 0 unspecified atom stereocenters. The quantitative estimate of drug-likeness (QED) is 0.908. The molecule has 0 spiro atoms. The monoisotopic (exact) mass is 312 g/mol. The van der Waals surface area contributed by atoms with Gasteiger partial charge in [0.05, 0.1) is 12.6 Å². The summed E-state index contributed by atoms with van der Waals surface area (Å²) in [6.07, 6.45) is 3.25. The van der Waals surface area contributed by atoms with Gasteiger partial charge in [-0.05, 0) is 38.4 Å². The summed E-state index contributed by atoms with van der Waals surface area (Å²) in [6, 6.07) is 7.96. The molecule has 1 N–H and O–H groups in total. The molecule has 118 valence electrons. The largest absolute Gasteiger partial charge is 0.492 e. The van der Waals surface area contributed by atoms with Crippen LogP contribution in [0.5, 0.6) is 5.75 Å². The van der Waals surface area contributed by atoms with Crippen LogP contribution in [-0.4, -0.2) is 43.6 Å². The predicted molar refractivity (Wildman–Crippen MR) is 87.2 cm³/mol. The fourth-order valence-electron chi connectivity index (χ4n) is 2.37. The summed E-state index contributed by atoms with van der Waals surface area (Å²) >= 11 is 0. The molecule has 0 radical (unpaired) electrons. The van der Waals surface area contributed by atoms with Gasteiger partial charge in [0.1, 0.15) is 12.4 Å². The van der Waals surface area contributed by atoms with Gasteiger partial charge in [0.25, 0.3) is 0 Å². The molecule has 21 heavy (non-hydrogen) atoms. The Balaban J connectivity index is 0.00000220. The first-order valence-electron chi connectivity index (χ1n) is 7.34. The third-order valence-corrected chi connectivity index (χ3v) is 3.70. The third-order valence-electron chi connectivity index (χ3n) is 3.70. The highest BCUT2D eigenvalue weighted by Gasteiger charge is 2.23. The Morgan fingerprint density at radius 3 is 2.67 bits per heavy atom. The van der Waals surface area contributed by atoms with Crippen molar-refractivity contribution in [3.05, 3.63) is 29.8 Å². The summed E-state index contributed by atoms with van der Waals surface area (Å²) in [5.41, 5.74) is 1.22. The summed E-state index contributed by atoms with van der Waals surface area (Å²) in [7, 11) is 1.84. The second-order valence-corrected chi connectivity index (χ2v) is 5.42. The number of amides is 1. The van der Waals surface area contributed by atoms with E-state index in [1.165, 1.54) is 12.0 Å². The Hall–Kier alpha value is -1.26. The van der Waals surface area contributed by atoms with Crippen molar-refractivity contribution < 1.29 is 9.53 Å². The summed E-state index contributed by atoms with van der Waals surface area (Å²) in [6.45, 7) is 4.14. The molecule has 2 rings (SSSR count). The number of ether oxygens (including phenoxy) is 1. The number of carbonyl (C=O) groups is 1. The summed E-state index contributed by atoms with van der Waals surface area (Å²) < 4.78 is 5.65. The van der Waals surface area contributed by atoms with E-state index >= 15 is 0 Å². The number of nitrogens with zero attached hydrogens (tertiary/aromatic N) is 1. The maximum absolute atomic E-state index is 12.2. The number of aryl methyl sites for hydroxylation is 1. The van der Waals surface area contributed by atoms with E-state index in [0.717, 1.165) is 25.1 Å². The molecule has 5 heteroatoms. The minimum atomic E-state index is -0.00637. The Morgan fingerprint density at radius 2 is 2.05 bits per heavy atom. The lowest BCUT2D eigenvalue weighted by Gasteiger charge is -2.27. The number of hydrogen-bond donors (Lipinski definition) is 1. The van der Waals surface area contributed by atoms with Crippen LogP contribution in [0.15, 0.2) is 24.3 Å². The van der Waals surface area contributed by atoms with Gasteiger partial charge < -0.3 is 15.0 Å². The molecule has 1 heterocycles. The maximum atomic E-state index is 12.2.